The van der Waals surface area contributed by atoms with Crippen molar-refractivity contribution in [2.24, 2.45) is 0 Å². The van der Waals surface area contributed by atoms with E-state index in [0.29, 0.717) is 11.1 Å². The normalized spacial score (nSPS) is 21.4. The van der Waals surface area contributed by atoms with Gasteiger partial charge in [-0.25, -0.2) is 18.0 Å². The number of rotatable bonds is 5. The van der Waals surface area contributed by atoms with Gasteiger partial charge in [-0.1, -0.05) is 37.4 Å². The highest BCUT2D eigenvalue weighted by atomic mass is 28.3. The minimum Gasteiger partial charge on any atom is -0.478 e. The van der Waals surface area contributed by atoms with Crippen molar-refractivity contribution in [2.45, 2.75) is 38.4 Å². The standard InChI is InChI=1S/C30H28F3N3O2Si/c1-39(2)22-15-17(35-11-3-12-35)5-7-19(22)24(20-8-6-18(16-23(20)39)36-13-4-14-36)25-26(30(37)38)29(33)28(32)21(9-10-34)27(25)31/h5-8,15-17H,3-4,9,11-14H2,1-2H3,(H,37,38). The number of likely N-dealkylation sites (tertiary alicyclic amines) is 1. The van der Waals surface area contributed by atoms with Crippen LogP contribution >= 0.6 is 0 Å². The van der Waals surface area contributed by atoms with Gasteiger partial charge in [-0.3, -0.25) is 4.90 Å². The summed E-state index contributed by atoms with van der Waals surface area (Å²) in [5, 5.41) is 21.2. The zero-order valence-corrected chi connectivity index (χ0v) is 22.8. The molecular formula is C30H28F3N3O2Si. The maximum atomic E-state index is 16.2. The first-order valence-corrected chi connectivity index (χ1v) is 16.2. The lowest BCUT2D eigenvalue weighted by atomic mass is 9.84. The van der Waals surface area contributed by atoms with Crippen molar-refractivity contribution in [2.75, 3.05) is 31.1 Å². The average molecular weight is 548 g/mol. The molecule has 0 amide bonds. The summed E-state index contributed by atoms with van der Waals surface area (Å²) >= 11 is 0. The molecule has 200 valence electrons. The Labute approximate surface area is 226 Å². The Morgan fingerprint density at radius 3 is 2.41 bits per heavy atom. The number of nitriles is 1. The first kappa shape index (κ1) is 25.7. The molecule has 4 aliphatic rings. The Kier molecular flexibility index (Phi) is 6.08. The van der Waals surface area contributed by atoms with E-state index in [2.05, 4.69) is 35.0 Å². The number of halogens is 3. The fourth-order valence-electron chi connectivity index (χ4n) is 6.21. The first-order valence-electron chi connectivity index (χ1n) is 13.2. The number of carbonyl (C=O) groups is 1. The van der Waals surface area contributed by atoms with E-state index in [1.807, 2.05) is 24.3 Å². The van der Waals surface area contributed by atoms with Gasteiger partial charge in [0.05, 0.1) is 12.5 Å². The molecule has 0 bridgehead atoms. The molecule has 2 fully saturated rings. The first-order chi connectivity index (χ1) is 18.6. The molecule has 0 spiro atoms. The minimum atomic E-state index is -2.40. The molecular weight excluding hydrogens is 519 g/mol. The van der Waals surface area contributed by atoms with Crippen LogP contribution in [0.4, 0.5) is 18.9 Å². The topological polar surface area (TPSA) is 67.6 Å². The predicted molar refractivity (Wildman–Crippen MR) is 146 cm³/mol. The number of aromatic carboxylic acids is 1. The average Bonchev–Trinajstić information content (AvgIpc) is 2.83. The quantitative estimate of drug-likeness (QED) is 0.425. The molecule has 6 rings (SSSR count). The number of carboxylic acids is 1. The van der Waals surface area contributed by atoms with Gasteiger partial charge in [-0.2, -0.15) is 5.26 Å². The molecule has 1 atom stereocenters. The van der Waals surface area contributed by atoms with Crippen LogP contribution in [0.2, 0.25) is 13.1 Å². The molecule has 2 aromatic carbocycles. The highest BCUT2D eigenvalue weighted by molar-refractivity contribution is 6.97. The second-order valence-corrected chi connectivity index (χ2v) is 15.4. The smallest absolute Gasteiger partial charge is 0.339 e. The van der Waals surface area contributed by atoms with Crippen LogP contribution in [0.1, 0.15) is 39.9 Å². The van der Waals surface area contributed by atoms with Crippen LogP contribution in [-0.2, 0) is 6.42 Å². The van der Waals surface area contributed by atoms with Gasteiger partial charge >= 0.3 is 5.97 Å². The van der Waals surface area contributed by atoms with E-state index in [1.165, 1.54) is 0 Å². The van der Waals surface area contributed by atoms with Gasteiger partial charge < -0.3 is 10.0 Å². The van der Waals surface area contributed by atoms with Crippen LogP contribution in [0.3, 0.4) is 0 Å². The number of allylic oxidation sites excluding steroid dienone is 3. The Morgan fingerprint density at radius 1 is 1.10 bits per heavy atom. The summed E-state index contributed by atoms with van der Waals surface area (Å²) in [7, 11) is -2.40. The third-order valence-corrected chi connectivity index (χ3v) is 12.2. The van der Waals surface area contributed by atoms with Crippen LogP contribution in [0.5, 0.6) is 0 Å². The van der Waals surface area contributed by atoms with Crippen LogP contribution in [0.15, 0.2) is 47.2 Å². The Hall–Kier alpha value is -3.61. The van der Waals surface area contributed by atoms with E-state index in [0.717, 1.165) is 55.1 Å². The van der Waals surface area contributed by atoms with E-state index in [1.54, 1.807) is 6.07 Å². The predicted octanol–water partition coefficient (Wildman–Crippen LogP) is 4.92. The fraction of sp³-hybridized carbons (Fsp3) is 0.333. The second kappa shape index (κ2) is 9.25. The van der Waals surface area contributed by atoms with Crippen LogP contribution in [-0.4, -0.2) is 56.3 Å². The third kappa shape index (κ3) is 3.80. The SMILES string of the molecule is C[Si]1(C)C2=CC(N3CCC3)C=CC2=C(c2c(F)c(CC#N)c(F)c(F)c2C(=O)O)c2ccc(N3CCC3)cc21. The number of hydrogen-bond acceptors (Lipinski definition) is 4. The van der Waals surface area contributed by atoms with E-state index < -0.39 is 54.6 Å². The molecule has 3 heterocycles. The van der Waals surface area contributed by atoms with E-state index in [4.69, 9.17) is 0 Å². The van der Waals surface area contributed by atoms with E-state index in [-0.39, 0.29) is 11.6 Å². The van der Waals surface area contributed by atoms with Gasteiger partial charge in [0.25, 0.3) is 0 Å². The zero-order chi connectivity index (χ0) is 27.6. The van der Waals surface area contributed by atoms with Gasteiger partial charge in [0, 0.05) is 49.0 Å². The molecule has 1 aliphatic carbocycles. The largest absolute Gasteiger partial charge is 0.478 e. The fourth-order valence-corrected chi connectivity index (χ4v) is 9.36. The highest BCUT2D eigenvalue weighted by Gasteiger charge is 2.43. The maximum Gasteiger partial charge on any atom is 0.339 e. The number of hydrogen-bond donors (Lipinski definition) is 1. The van der Waals surface area contributed by atoms with E-state index >= 15 is 8.78 Å². The number of nitrogens with zero attached hydrogens (tertiary/aromatic N) is 3. The number of carboxylic acid groups (broad SMARTS) is 1. The lowest BCUT2D eigenvalue weighted by Gasteiger charge is -2.43. The summed E-state index contributed by atoms with van der Waals surface area (Å²) < 4.78 is 46.4. The third-order valence-electron chi connectivity index (χ3n) is 8.64. The van der Waals surface area contributed by atoms with Crippen molar-refractivity contribution in [3.63, 3.8) is 0 Å². The number of benzene rings is 2. The number of anilines is 1. The molecule has 5 nitrogen and oxygen atoms in total. The summed E-state index contributed by atoms with van der Waals surface area (Å²) in [6, 6.07) is 7.66. The molecule has 1 unspecified atom stereocenters. The van der Waals surface area contributed by atoms with Gasteiger partial charge in [-0.15, -0.1) is 0 Å². The van der Waals surface area contributed by atoms with Crippen LogP contribution in [0, 0.1) is 28.8 Å². The Morgan fingerprint density at radius 2 is 1.82 bits per heavy atom. The summed E-state index contributed by atoms with van der Waals surface area (Å²) in [4.78, 5) is 16.9. The van der Waals surface area contributed by atoms with Crippen LogP contribution < -0.4 is 10.1 Å². The van der Waals surface area contributed by atoms with Gasteiger partial charge in [0.2, 0.25) is 0 Å². The summed E-state index contributed by atoms with van der Waals surface area (Å²) in [5.74, 6) is -6.25. The van der Waals surface area contributed by atoms with Crippen molar-refractivity contribution in [3.05, 3.63) is 86.9 Å². The molecule has 0 saturated carbocycles. The summed E-state index contributed by atoms with van der Waals surface area (Å²) in [5.41, 5.74) is 0.252. The van der Waals surface area contributed by atoms with Crippen molar-refractivity contribution in [1.29, 1.82) is 5.26 Å². The monoisotopic (exact) mass is 547 g/mol. The Balaban J connectivity index is 1.69. The molecule has 9 heteroatoms. The molecule has 2 saturated heterocycles. The summed E-state index contributed by atoms with van der Waals surface area (Å²) in [6.07, 6.45) is 7.59. The summed E-state index contributed by atoms with van der Waals surface area (Å²) in [6.45, 7) is 8.27. The maximum absolute atomic E-state index is 16.2. The Bertz CT molecular complexity index is 1560. The van der Waals surface area contributed by atoms with Gasteiger partial charge in [0.15, 0.2) is 11.6 Å². The molecule has 1 N–H and O–H groups in total. The molecule has 0 radical (unpaired) electrons. The van der Waals surface area contributed by atoms with E-state index in [9.17, 15) is 19.6 Å². The molecule has 0 aromatic heterocycles. The van der Waals surface area contributed by atoms with Gasteiger partial charge in [0.1, 0.15) is 19.5 Å². The molecule has 3 aliphatic heterocycles. The zero-order valence-electron chi connectivity index (χ0n) is 21.8. The lowest BCUT2D eigenvalue weighted by molar-refractivity contribution is 0.0689. The van der Waals surface area contributed by atoms with Crippen molar-refractivity contribution < 1.29 is 23.1 Å². The number of fused-ring (bicyclic) bond motifs is 2. The molecule has 2 aromatic rings. The minimum absolute atomic E-state index is 0.0635. The van der Waals surface area contributed by atoms with Gasteiger partial charge in [-0.05, 0) is 52.1 Å². The molecule has 39 heavy (non-hydrogen) atoms. The lowest BCUT2D eigenvalue weighted by Crippen LogP contribution is -2.52. The van der Waals surface area contributed by atoms with Crippen LogP contribution in [0.25, 0.3) is 5.57 Å². The van der Waals surface area contributed by atoms with Crippen molar-refractivity contribution in [3.8, 4) is 6.07 Å². The van der Waals surface area contributed by atoms with Crippen molar-refractivity contribution >= 4 is 30.5 Å². The highest BCUT2D eigenvalue weighted by Crippen LogP contribution is 2.45. The van der Waals surface area contributed by atoms with Crippen molar-refractivity contribution in [1.82, 2.24) is 4.90 Å². The second-order valence-electron chi connectivity index (χ2n) is 11.1.